The van der Waals surface area contributed by atoms with Gasteiger partial charge in [-0.1, -0.05) is 26.8 Å². The minimum atomic E-state index is -4.85. The number of nitrogens with two attached hydrogens (primary N) is 1. The van der Waals surface area contributed by atoms with E-state index in [9.17, 15) is 36.0 Å². The van der Waals surface area contributed by atoms with Gasteiger partial charge in [0.15, 0.2) is 11.4 Å². The summed E-state index contributed by atoms with van der Waals surface area (Å²) in [7, 11) is -2.87. The van der Waals surface area contributed by atoms with Gasteiger partial charge in [-0.15, -0.1) is 0 Å². The predicted molar refractivity (Wildman–Crippen MR) is 148 cm³/mol. The summed E-state index contributed by atoms with van der Waals surface area (Å²) >= 11 is 0. The number of aryl methyl sites for hydroxylation is 1. The van der Waals surface area contributed by atoms with Gasteiger partial charge in [-0.05, 0) is 36.8 Å². The van der Waals surface area contributed by atoms with Gasteiger partial charge in [-0.3, -0.25) is 14.3 Å². The average molecular weight is 614 g/mol. The first-order chi connectivity index (χ1) is 19.1. The second-order valence-corrected chi connectivity index (χ2v) is 11.8. The number of anilines is 2. The second-order valence-electron chi connectivity index (χ2n) is 10.0. The number of methoxy groups -OCH3 is 1. The summed E-state index contributed by atoms with van der Waals surface area (Å²) in [5.41, 5.74) is 3.29. The van der Waals surface area contributed by atoms with Crippen molar-refractivity contribution in [1.29, 1.82) is 0 Å². The zero-order valence-electron chi connectivity index (χ0n) is 23.5. The Kier molecular flexibility index (Phi) is 10.0. The Morgan fingerprint density at radius 1 is 1.07 bits per heavy atom. The third-order valence-corrected chi connectivity index (χ3v) is 6.05. The Hall–Kier alpha value is -4.60. The van der Waals surface area contributed by atoms with Crippen molar-refractivity contribution in [2.75, 3.05) is 23.4 Å². The first-order valence-electron chi connectivity index (χ1n) is 11.9. The first-order valence-corrected chi connectivity index (χ1v) is 13.8. The van der Waals surface area contributed by atoms with Crippen molar-refractivity contribution in [3.05, 3.63) is 65.2 Å². The molecule has 3 aromatic rings. The number of primary amides is 1. The number of aromatic nitrogens is 2. The van der Waals surface area contributed by atoms with Gasteiger partial charge >= 0.3 is 12.1 Å². The largest absolute Gasteiger partial charge is 0.492 e. The molecule has 42 heavy (non-hydrogen) atoms. The quantitative estimate of drug-likeness (QED) is 0.308. The standard InChI is InChI=1S/C21H19F3N4O6S.C5H11NO/c1-11-4-5-12(6-17(11)28-9-16(20(30)31)25-10-28)19(29)26-14-7-13(21(22,23)24)8-15(18(14)34-2)27-35(3,32)33;1-5(2,3)4(6)7/h4-10,27H,1-3H3,(H,26,29)(H,30,31);1-3H3,(H2,6,7). The lowest BCUT2D eigenvalue weighted by molar-refractivity contribution is -0.137. The number of carboxylic acids is 1. The topological polar surface area (TPSA) is 183 Å². The zero-order valence-corrected chi connectivity index (χ0v) is 24.3. The highest BCUT2D eigenvalue weighted by Crippen LogP contribution is 2.41. The van der Waals surface area contributed by atoms with Crippen molar-refractivity contribution >= 4 is 39.2 Å². The number of carbonyl (C=O) groups excluding carboxylic acids is 2. The lowest BCUT2D eigenvalue weighted by Crippen LogP contribution is -2.27. The summed E-state index contributed by atoms with van der Waals surface area (Å²) in [5.74, 6) is -2.66. The van der Waals surface area contributed by atoms with Crippen LogP contribution in [0, 0.1) is 12.3 Å². The smallest absolute Gasteiger partial charge is 0.416 e. The fourth-order valence-corrected chi connectivity index (χ4v) is 3.72. The number of hydrogen-bond acceptors (Lipinski definition) is 7. The van der Waals surface area contributed by atoms with Crippen molar-refractivity contribution in [1.82, 2.24) is 9.55 Å². The highest BCUT2D eigenvalue weighted by molar-refractivity contribution is 7.92. The monoisotopic (exact) mass is 613 g/mol. The van der Waals surface area contributed by atoms with Crippen LogP contribution in [0.25, 0.3) is 5.69 Å². The molecular formula is C26H30F3N5O7S. The molecule has 0 saturated heterocycles. The van der Waals surface area contributed by atoms with Gasteiger partial charge < -0.3 is 25.5 Å². The number of carbonyl (C=O) groups is 3. The fourth-order valence-electron chi connectivity index (χ4n) is 3.17. The number of halogens is 3. The number of imidazole rings is 1. The van der Waals surface area contributed by atoms with E-state index in [-0.39, 0.29) is 28.3 Å². The first kappa shape index (κ1) is 33.6. The maximum atomic E-state index is 13.4. The molecule has 0 unspecified atom stereocenters. The van der Waals surface area contributed by atoms with E-state index in [1.54, 1.807) is 33.8 Å². The molecule has 16 heteroatoms. The third-order valence-electron chi connectivity index (χ3n) is 5.45. The summed E-state index contributed by atoms with van der Waals surface area (Å²) in [6.07, 6.45) is -1.61. The molecule has 1 aromatic heterocycles. The third kappa shape index (κ3) is 8.95. The van der Waals surface area contributed by atoms with Gasteiger partial charge in [-0.2, -0.15) is 13.2 Å². The van der Waals surface area contributed by atoms with E-state index in [0.717, 1.165) is 13.4 Å². The Morgan fingerprint density at radius 2 is 1.64 bits per heavy atom. The maximum Gasteiger partial charge on any atom is 0.416 e. The van der Waals surface area contributed by atoms with Gasteiger partial charge in [-0.25, -0.2) is 18.2 Å². The number of ether oxygens (including phenoxy) is 1. The average Bonchev–Trinajstić information content (AvgIpc) is 3.33. The van der Waals surface area contributed by atoms with Crippen molar-refractivity contribution in [2.45, 2.75) is 33.9 Å². The van der Waals surface area contributed by atoms with Crippen LogP contribution in [0.5, 0.6) is 5.75 Å². The normalized spacial score (nSPS) is 11.6. The molecule has 228 valence electrons. The minimum Gasteiger partial charge on any atom is -0.492 e. The maximum absolute atomic E-state index is 13.4. The lowest BCUT2D eigenvalue weighted by Gasteiger charge is -2.18. The number of amides is 2. The molecule has 0 saturated carbocycles. The molecule has 2 amide bonds. The zero-order chi connectivity index (χ0) is 32.2. The molecule has 0 aliphatic rings. The summed E-state index contributed by atoms with van der Waals surface area (Å²) in [4.78, 5) is 38.0. The number of hydrogen-bond donors (Lipinski definition) is 4. The van der Waals surface area contributed by atoms with E-state index >= 15 is 0 Å². The molecule has 12 nitrogen and oxygen atoms in total. The van der Waals surface area contributed by atoms with Gasteiger partial charge in [0.25, 0.3) is 5.91 Å². The fraction of sp³-hybridized carbons (Fsp3) is 0.308. The van der Waals surface area contributed by atoms with Crippen LogP contribution in [0.1, 0.15) is 52.7 Å². The van der Waals surface area contributed by atoms with Crippen LogP contribution in [0.2, 0.25) is 0 Å². The molecular weight excluding hydrogens is 583 g/mol. The minimum absolute atomic E-state index is 0.0215. The van der Waals surface area contributed by atoms with Crippen LogP contribution in [-0.2, 0) is 21.0 Å². The number of benzene rings is 2. The summed E-state index contributed by atoms with van der Waals surface area (Å²) in [6, 6.07) is 5.55. The Balaban J connectivity index is 0.000000782. The summed E-state index contributed by atoms with van der Waals surface area (Å²) < 4.78 is 72.0. The highest BCUT2D eigenvalue weighted by Gasteiger charge is 2.33. The number of sulfonamides is 1. The molecule has 0 aliphatic carbocycles. The van der Waals surface area contributed by atoms with E-state index in [0.29, 0.717) is 23.4 Å². The van der Waals surface area contributed by atoms with Gasteiger partial charge in [0.1, 0.15) is 6.33 Å². The summed E-state index contributed by atoms with van der Waals surface area (Å²) in [6.45, 7) is 7.07. The lowest BCUT2D eigenvalue weighted by atomic mass is 9.96. The van der Waals surface area contributed by atoms with Crippen LogP contribution in [-0.4, -0.2) is 54.2 Å². The molecule has 0 bridgehead atoms. The van der Waals surface area contributed by atoms with E-state index in [1.807, 2.05) is 4.72 Å². The van der Waals surface area contributed by atoms with E-state index < -0.39 is 45.0 Å². The Morgan fingerprint density at radius 3 is 2.10 bits per heavy atom. The molecule has 0 radical (unpaired) electrons. The van der Waals surface area contributed by atoms with Crippen LogP contribution < -0.4 is 20.5 Å². The van der Waals surface area contributed by atoms with Crippen molar-refractivity contribution in [3.63, 3.8) is 0 Å². The second kappa shape index (κ2) is 12.5. The van der Waals surface area contributed by atoms with E-state index in [1.165, 1.54) is 29.2 Å². The Bertz CT molecular complexity index is 1610. The number of aromatic carboxylic acids is 1. The van der Waals surface area contributed by atoms with E-state index in [4.69, 9.17) is 15.6 Å². The Labute approximate surface area is 239 Å². The number of nitrogens with zero attached hydrogens (tertiary/aromatic N) is 2. The molecule has 3 rings (SSSR count). The molecule has 2 aromatic carbocycles. The molecule has 1 heterocycles. The molecule has 0 aliphatic heterocycles. The van der Waals surface area contributed by atoms with Crippen LogP contribution in [0.4, 0.5) is 24.5 Å². The number of rotatable bonds is 7. The van der Waals surface area contributed by atoms with Crippen molar-refractivity contribution in [2.24, 2.45) is 11.1 Å². The van der Waals surface area contributed by atoms with Gasteiger partial charge in [0.2, 0.25) is 15.9 Å². The van der Waals surface area contributed by atoms with Crippen molar-refractivity contribution in [3.8, 4) is 11.4 Å². The molecule has 5 N–H and O–H groups in total. The highest BCUT2D eigenvalue weighted by atomic mass is 32.2. The van der Waals surface area contributed by atoms with Gasteiger partial charge in [0, 0.05) is 17.2 Å². The number of carboxylic acid groups (broad SMARTS) is 1. The molecule has 0 atom stereocenters. The van der Waals surface area contributed by atoms with Crippen LogP contribution in [0.15, 0.2) is 42.9 Å². The number of alkyl halides is 3. The molecule has 0 spiro atoms. The van der Waals surface area contributed by atoms with Crippen LogP contribution in [0.3, 0.4) is 0 Å². The SMILES string of the molecule is CC(C)(C)C(N)=O.COc1c(NC(=O)c2ccc(C)c(-n3cnc(C(=O)O)c3)c2)cc(C(F)(F)F)cc1NS(C)(=O)=O. The van der Waals surface area contributed by atoms with E-state index in [2.05, 4.69) is 10.3 Å². The number of nitrogens with one attached hydrogen (secondary N) is 2. The predicted octanol–water partition coefficient (Wildman–Crippen LogP) is 4.05. The van der Waals surface area contributed by atoms with Crippen LogP contribution >= 0.6 is 0 Å². The van der Waals surface area contributed by atoms with Crippen molar-refractivity contribution < 1.29 is 45.8 Å². The summed E-state index contributed by atoms with van der Waals surface area (Å²) in [5, 5.41) is 11.4. The van der Waals surface area contributed by atoms with Gasteiger partial charge in [0.05, 0.1) is 36.0 Å². The molecule has 0 fully saturated rings.